The zero-order chi connectivity index (χ0) is 10.6. The molecule has 1 unspecified atom stereocenters. The first-order chi connectivity index (χ1) is 6.67. The quantitative estimate of drug-likeness (QED) is 0.748. The summed E-state index contributed by atoms with van der Waals surface area (Å²) in [5.74, 6) is 0.325. The van der Waals surface area contributed by atoms with Gasteiger partial charge in [-0.25, -0.2) is 0 Å². The molecule has 0 bridgehead atoms. The molecule has 1 aliphatic carbocycles. The molecule has 0 aromatic heterocycles. The molecular formula is C11H21NO2. The number of hydrogen-bond acceptors (Lipinski definition) is 2. The highest BCUT2D eigenvalue weighted by Gasteiger charge is 2.26. The summed E-state index contributed by atoms with van der Waals surface area (Å²) in [6, 6.07) is 0.335. The summed E-state index contributed by atoms with van der Waals surface area (Å²) in [7, 11) is 1.74. The standard InChI is InChI=1S/C11H21NO2/c1-4-8(2)11(13)12-9-5-6-10(7-9)14-3/h8-10H,4-7H2,1-3H3,(H,12,13)/t8?,9-,10-/m0/s1. The number of ether oxygens (including phenoxy) is 1. The lowest BCUT2D eigenvalue weighted by atomic mass is 10.1. The Morgan fingerprint density at radius 2 is 2.29 bits per heavy atom. The van der Waals surface area contributed by atoms with Crippen molar-refractivity contribution in [3.05, 3.63) is 0 Å². The Morgan fingerprint density at radius 1 is 1.57 bits per heavy atom. The highest BCUT2D eigenvalue weighted by atomic mass is 16.5. The molecule has 0 saturated heterocycles. The molecule has 0 aliphatic heterocycles. The molecule has 0 aromatic carbocycles. The van der Waals surface area contributed by atoms with Gasteiger partial charge in [0.15, 0.2) is 0 Å². The summed E-state index contributed by atoms with van der Waals surface area (Å²) in [6.07, 6.45) is 4.35. The Morgan fingerprint density at radius 3 is 2.79 bits per heavy atom. The van der Waals surface area contributed by atoms with Crippen LogP contribution in [0.5, 0.6) is 0 Å². The average molecular weight is 199 g/mol. The third-order valence-electron chi connectivity index (χ3n) is 3.12. The molecule has 0 radical (unpaired) electrons. The van der Waals surface area contributed by atoms with Crippen molar-refractivity contribution in [1.29, 1.82) is 0 Å². The number of carbonyl (C=O) groups is 1. The molecule has 1 amide bonds. The largest absolute Gasteiger partial charge is 0.381 e. The van der Waals surface area contributed by atoms with Crippen LogP contribution in [0.15, 0.2) is 0 Å². The van der Waals surface area contributed by atoms with Gasteiger partial charge in [-0.05, 0) is 25.7 Å². The Hall–Kier alpha value is -0.570. The minimum absolute atomic E-state index is 0.136. The monoisotopic (exact) mass is 199 g/mol. The maximum Gasteiger partial charge on any atom is 0.223 e. The molecule has 3 atom stereocenters. The third kappa shape index (κ3) is 2.98. The van der Waals surface area contributed by atoms with Crippen LogP contribution < -0.4 is 5.32 Å². The van der Waals surface area contributed by atoms with Crippen LogP contribution in [0.4, 0.5) is 0 Å². The molecule has 82 valence electrons. The highest BCUT2D eigenvalue weighted by molar-refractivity contribution is 5.78. The lowest BCUT2D eigenvalue weighted by molar-refractivity contribution is -0.125. The van der Waals surface area contributed by atoms with Crippen LogP contribution in [-0.2, 0) is 9.53 Å². The fourth-order valence-corrected chi connectivity index (χ4v) is 1.81. The first-order valence-electron chi connectivity index (χ1n) is 5.50. The molecule has 1 saturated carbocycles. The molecule has 1 aliphatic rings. The molecule has 0 spiro atoms. The van der Waals surface area contributed by atoms with Gasteiger partial charge in [-0.15, -0.1) is 0 Å². The Balaban J connectivity index is 2.28. The predicted molar refractivity (Wildman–Crippen MR) is 56.0 cm³/mol. The minimum atomic E-state index is 0.136. The summed E-state index contributed by atoms with van der Waals surface area (Å²) >= 11 is 0. The van der Waals surface area contributed by atoms with E-state index >= 15 is 0 Å². The van der Waals surface area contributed by atoms with Gasteiger partial charge < -0.3 is 10.1 Å². The number of nitrogens with one attached hydrogen (secondary N) is 1. The smallest absolute Gasteiger partial charge is 0.223 e. The summed E-state index contributed by atoms with van der Waals surface area (Å²) in [5.41, 5.74) is 0. The van der Waals surface area contributed by atoms with Crippen LogP contribution in [-0.4, -0.2) is 25.2 Å². The van der Waals surface area contributed by atoms with Crippen molar-refractivity contribution in [3.8, 4) is 0 Å². The van der Waals surface area contributed by atoms with Crippen molar-refractivity contribution in [1.82, 2.24) is 5.32 Å². The van der Waals surface area contributed by atoms with Crippen LogP contribution in [0.2, 0.25) is 0 Å². The zero-order valence-electron chi connectivity index (χ0n) is 9.38. The van der Waals surface area contributed by atoms with Gasteiger partial charge in [-0.2, -0.15) is 0 Å². The van der Waals surface area contributed by atoms with Crippen molar-refractivity contribution in [2.24, 2.45) is 5.92 Å². The topological polar surface area (TPSA) is 38.3 Å². The molecule has 0 heterocycles. The normalized spacial score (nSPS) is 28.8. The van der Waals surface area contributed by atoms with Gasteiger partial charge in [0.2, 0.25) is 5.91 Å². The average Bonchev–Trinajstić information content (AvgIpc) is 2.64. The zero-order valence-corrected chi connectivity index (χ0v) is 9.38. The van der Waals surface area contributed by atoms with Crippen molar-refractivity contribution < 1.29 is 9.53 Å². The van der Waals surface area contributed by atoms with Crippen LogP contribution >= 0.6 is 0 Å². The number of methoxy groups -OCH3 is 1. The van der Waals surface area contributed by atoms with Gasteiger partial charge in [-0.1, -0.05) is 13.8 Å². The van der Waals surface area contributed by atoms with E-state index in [4.69, 9.17) is 4.74 Å². The van der Waals surface area contributed by atoms with E-state index in [1.807, 2.05) is 13.8 Å². The predicted octanol–water partition coefficient (Wildman–Crippen LogP) is 1.72. The fourth-order valence-electron chi connectivity index (χ4n) is 1.81. The minimum Gasteiger partial charge on any atom is -0.381 e. The van der Waals surface area contributed by atoms with E-state index < -0.39 is 0 Å². The second-order valence-corrected chi connectivity index (χ2v) is 4.19. The van der Waals surface area contributed by atoms with E-state index in [0.717, 1.165) is 25.7 Å². The van der Waals surface area contributed by atoms with Crippen molar-refractivity contribution in [2.45, 2.75) is 51.7 Å². The first-order valence-corrected chi connectivity index (χ1v) is 5.50. The van der Waals surface area contributed by atoms with Gasteiger partial charge in [-0.3, -0.25) is 4.79 Å². The summed E-state index contributed by atoms with van der Waals surface area (Å²) in [5, 5.41) is 3.07. The SMILES string of the molecule is CCC(C)C(=O)N[C@H]1CC[C@H](OC)C1. The van der Waals surface area contributed by atoms with E-state index in [0.29, 0.717) is 12.1 Å². The Labute approximate surface area is 86.2 Å². The molecule has 3 heteroatoms. The highest BCUT2D eigenvalue weighted by Crippen LogP contribution is 2.21. The van der Waals surface area contributed by atoms with Crippen LogP contribution in [0.25, 0.3) is 0 Å². The van der Waals surface area contributed by atoms with E-state index in [9.17, 15) is 4.79 Å². The summed E-state index contributed by atoms with van der Waals surface area (Å²) < 4.78 is 5.26. The molecule has 1 rings (SSSR count). The molecular weight excluding hydrogens is 178 g/mol. The van der Waals surface area contributed by atoms with Gasteiger partial charge >= 0.3 is 0 Å². The van der Waals surface area contributed by atoms with Crippen molar-refractivity contribution in [2.75, 3.05) is 7.11 Å². The lowest BCUT2D eigenvalue weighted by Crippen LogP contribution is -2.36. The molecule has 1 fully saturated rings. The number of amides is 1. The van der Waals surface area contributed by atoms with Gasteiger partial charge in [0.1, 0.15) is 0 Å². The third-order valence-corrected chi connectivity index (χ3v) is 3.12. The Bertz CT molecular complexity index is 194. The second-order valence-electron chi connectivity index (χ2n) is 4.19. The van der Waals surface area contributed by atoms with Gasteiger partial charge in [0.05, 0.1) is 6.10 Å². The van der Waals surface area contributed by atoms with Crippen LogP contribution in [0, 0.1) is 5.92 Å². The molecule has 3 nitrogen and oxygen atoms in total. The molecule has 1 N–H and O–H groups in total. The van der Waals surface area contributed by atoms with E-state index in [1.54, 1.807) is 7.11 Å². The molecule has 0 aromatic rings. The lowest BCUT2D eigenvalue weighted by Gasteiger charge is -2.15. The number of carbonyl (C=O) groups excluding carboxylic acids is 1. The van der Waals surface area contributed by atoms with Crippen LogP contribution in [0.3, 0.4) is 0 Å². The maximum atomic E-state index is 11.6. The van der Waals surface area contributed by atoms with Crippen molar-refractivity contribution >= 4 is 5.91 Å². The maximum absolute atomic E-state index is 11.6. The fraction of sp³-hybridized carbons (Fsp3) is 0.909. The summed E-state index contributed by atoms with van der Waals surface area (Å²) in [4.78, 5) is 11.6. The van der Waals surface area contributed by atoms with Crippen LogP contribution in [0.1, 0.15) is 39.5 Å². The number of hydrogen-bond donors (Lipinski definition) is 1. The Kier molecular flexibility index (Phi) is 4.39. The van der Waals surface area contributed by atoms with Gasteiger partial charge in [0, 0.05) is 19.1 Å². The van der Waals surface area contributed by atoms with E-state index in [2.05, 4.69) is 5.32 Å². The van der Waals surface area contributed by atoms with E-state index in [-0.39, 0.29) is 11.8 Å². The molecule has 14 heavy (non-hydrogen) atoms. The number of rotatable bonds is 4. The van der Waals surface area contributed by atoms with E-state index in [1.165, 1.54) is 0 Å². The van der Waals surface area contributed by atoms with Crippen molar-refractivity contribution in [3.63, 3.8) is 0 Å². The first kappa shape index (κ1) is 11.5. The summed E-state index contributed by atoms with van der Waals surface area (Å²) in [6.45, 7) is 4.01. The van der Waals surface area contributed by atoms with Gasteiger partial charge in [0.25, 0.3) is 0 Å². The second kappa shape index (κ2) is 5.35.